The Labute approximate surface area is 184 Å². The summed E-state index contributed by atoms with van der Waals surface area (Å²) >= 11 is 6.09. The molecular weight excluding hydrogens is 388 g/mol. The molecule has 0 unspecified atom stereocenters. The molecule has 0 amide bonds. The Bertz CT molecular complexity index is 894. The number of hydrogen-bond acceptors (Lipinski definition) is 2. The molecule has 2 nitrogen and oxygen atoms in total. The summed E-state index contributed by atoms with van der Waals surface area (Å²) < 4.78 is 0. The van der Waals surface area contributed by atoms with Crippen LogP contribution in [-0.4, -0.2) is 30.1 Å². The molecule has 3 heteroatoms. The molecule has 6 rings (SSSR count). The lowest BCUT2D eigenvalue weighted by atomic mass is 9.70. The molecule has 0 aliphatic carbocycles. The van der Waals surface area contributed by atoms with Crippen LogP contribution in [0, 0.1) is 5.92 Å². The molecule has 30 heavy (non-hydrogen) atoms. The number of fused-ring (bicyclic) bond motifs is 3. The minimum Gasteiger partial charge on any atom is -0.308 e. The van der Waals surface area contributed by atoms with E-state index in [-0.39, 0.29) is 0 Å². The molecule has 3 aliphatic heterocycles. The van der Waals surface area contributed by atoms with Crippen molar-refractivity contribution in [2.45, 2.75) is 37.4 Å². The predicted molar refractivity (Wildman–Crippen MR) is 125 cm³/mol. The minimum atomic E-state index is 0.373. The van der Waals surface area contributed by atoms with Crippen molar-refractivity contribution < 1.29 is 0 Å². The standard InChI is InChI=1S/C27H29ClN2/c28-24-13-11-20(12-14-24)19-29-26-23-15-17-30(18-16-23)27(26)25(21-7-3-1-4-8-21)22-9-5-2-6-10-22/h1-14,23,25-27,29H,15-19H2/t26-,27-/m1/s1. The molecule has 3 aromatic rings. The molecule has 1 N–H and O–H groups in total. The zero-order chi connectivity index (χ0) is 20.3. The summed E-state index contributed by atoms with van der Waals surface area (Å²) in [5.41, 5.74) is 4.13. The third kappa shape index (κ3) is 4.05. The highest BCUT2D eigenvalue weighted by Crippen LogP contribution is 2.42. The van der Waals surface area contributed by atoms with E-state index in [9.17, 15) is 0 Å². The van der Waals surface area contributed by atoms with Crippen LogP contribution in [0.25, 0.3) is 0 Å². The maximum atomic E-state index is 6.09. The van der Waals surface area contributed by atoms with Gasteiger partial charge in [-0.2, -0.15) is 0 Å². The number of piperidine rings is 3. The molecule has 3 aromatic carbocycles. The average Bonchev–Trinajstić information content (AvgIpc) is 2.82. The molecule has 0 spiro atoms. The number of rotatable bonds is 6. The Kier molecular flexibility index (Phi) is 5.90. The normalized spacial score (nSPS) is 25.5. The lowest BCUT2D eigenvalue weighted by molar-refractivity contribution is 0.00468. The third-order valence-electron chi connectivity index (χ3n) is 6.99. The molecule has 0 aromatic heterocycles. The van der Waals surface area contributed by atoms with E-state index in [0.29, 0.717) is 18.0 Å². The molecule has 0 radical (unpaired) electrons. The van der Waals surface area contributed by atoms with Gasteiger partial charge in [-0.25, -0.2) is 0 Å². The first-order valence-electron chi connectivity index (χ1n) is 11.1. The minimum absolute atomic E-state index is 0.373. The van der Waals surface area contributed by atoms with Crippen LogP contribution in [0.5, 0.6) is 0 Å². The maximum absolute atomic E-state index is 6.09. The molecule has 154 valence electrons. The Morgan fingerprint density at radius 3 is 1.93 bits per heavy atom. The van der Waals surface area contributed by atoms with Crippen LogP contribution in [0.4, 0.5) is 0 Å². The van der Waals surface area contributed by atoms with Gasteiger partial charge in [0.25, 0.3) is 0 Å². The summed E-state index contributed by atoms with van der Waals surface area (Å²) in [6.45, 7) is 3.31. The van der Waals surface area contributed by atoms with Gasteiger partial charge in [-0.1, -0.05) is 84.4 Å². The molecule has 3 heterocycles. The summed E-state index contributed by atoms with van der Waals surface area (Å²) in [5, 5.41) is 4.77. The fourth-order valence-electron chi connectivity index (χ4n) is 5.53. The quantitative estimate of drug-likeness (QED) is 0.552. The molecule has 2 atom stereocenters. The van der Waals surface area contributed by atoms with Crippen molar-refractivity contribution in [1.82, 2.24) is 10.2 Å². The van der Waals surface area contributed by atoms with E-state index in [1.165, 1.54) is 42.6 Å². The van der Waals surface area contributed by atoms with Crippen molar-refractivity contribution in [2.24, 2.45) is 5.92 Å². The lowest BCUT2D eigenvalue weighted by Crippen LogP contribution is -2.64. The Morgan fingerprint density at radius 1 is 0.800 bits per heavy atom. The summed E-state index contributed by atoms with van der Waals surface area (Å²) in [6.07, 6.45) is 2.59. The van der Waals surface area contributed by atoms with Crippen LogP contribution in [0.3, 0.4) is 0 Å². The fraction of sp³-hybridized carbons (Fsp3) is 0.333. The maximum Gasteiger partial charge on any atom is 0.0406 e. The van der Waals surface area contributed by atoms with Gasteiger partial charge in [0, 0.05) is 29.6 Å². The number of hydrogen-bond donors (Lipinski definition) is 1. The van der Waals surface area contributed by atoms with Gasteiger partial charge in [0.2, 0.25) is 0 Å². The largest absolute Gasteiger partial charge is 0.308 e. The first-order valence-corrected chi connectivity index (χ1v) is 11.5. The topological polar surface area (TPSA) is 15.3 Å². The average molecular weight is 417 g/mol. The Hall–Kier alpha value is -2.13. The number of nitrogens with zero attached hydrogens (tertiary/aromatic N) is 1. The zero-order valence-corrected chi connectivity index (χ0v) is 18.0. The molecule has 0 saturated carbocycles. The molecule has 3 aliphatic rings. The van der Waals surface area contributed by atoms with Gasteiger partial charge >= 0.3 is 0 Å². The molecular formula is C27H29ClN2. The van der Waals surface area contributed by atoms with Crippen molar-refractivity contribution in [3.05, 3.63) is 107 Å². The summed E-state index contributed by atoms with van der Waals surface area (Å²) in [4.78, 5) is 2.74. The lowest BCUT2D eigenvalue weighted by Gasteiger charge is -2.54. The van der Waals surface area contributed by atoms with Crippen LogP contribution in [0.1, 0.15) is 35.4 Å². The predicted octanol–water partition coefficient (Wildman–Crippen LogP) is 5.72. The van der Waals surface area contributed by atoms with Crippen LogP contribution >= 0.6 is 11.6 Å². The summed E-state index contributed by atoms with van der Waals surface area (Å²) in [7, 11) is 0. The van der Waals surface area contributed by atoms with E-state index in [4.69, 9.17) is 11.6 Å². The van der Waals surface area contributed by atoms with Crippen LogP contribution in [-0.2, 0) is 6.54 Å². The summed E-state index contributed by atoms with van der Waals surface area (Å²) in [5.74, 6) is 1.11. The van der Waals surface area contributed by atoms with Gasteiger partial charge in [0.1, 0.15) is 0 Å². The van der Waals surface area contributed by atoms with Gasteiger partial charge in [0.05, 0.1) is 0 Å². The first-order chi connectivity index (χ1) is 14.8. The van der Waals surface area contributed by atoms with Crippen molar-refractivity contribution in [3.8, 4) is 0 Å². The van der Waals surface area contributed by atoms with E-state index >= 15 is 0 Å². The number of halogens is 1. The highest BCUT2D eigenvalue weighted by Gasteiger charge is 2.46. The Morgan fingerprint density at radius 2 is 1.37 bits per heavy atom. The van der Waals surface area contributed by atoms with Gasteiger partial charge in [-0.05, 0) is 60.7 Å². The fourth-order valence-corrected chi connectivity index (χ4v) is 5.66. The second kappa shape index (κ2) is 8.93. The van der Waals surface area contributed by atoms with E-state index in [1.54, 1.807) is 0 Å². The van der Waals surface area contributed by atoms with Crippen molar-refractivity contribution in [1.29, 1.82) is 0 Å². The van der Waals surface area contributed by atoms with Crippen LogP contribution in [0.2, 0.25) is 5.02 Å². The van der Waals surface area contributed by atoms with Gasteiger partial charge < -0.3 is 5.32 Å². The van der Waals surface area contributed by atoms with Gasteiger partial charge in [-0.15, -0.1) is 0 Å². The van der Waals surface area contributed by atoms with E-state index < -0.39 is 0 Å². The van der Waals surface area contributed by atoms with Crippen LogP contribution < -0.4 is 5.32 Å². The third-order valence-corrected chi connectivity index (χ3v) is 7.24. The van der Waals surface area contributed by atoms with Crippen LogP contribution in [0.15, 0.2) is 84.9 Å². The summed E-state index contributed by atoms with van der Waals surface area (Å²) in [6, 6.07) is 31.4. The Balaban J connectivity index is 1.48. The van der Waals surface area contributed by atoms with Gasteiger partial charge in [-0.3, -0.25) is 4.90 Å². The number of benzene rings is 3. The molecule has 3 saturated heterocycles. The van der Waals surface area contributed by atoms with Crippen molar-refractivity contribution in [3.63, 3.8) is 0 Å². The second-order valence-electron chi connectivity index (χ2n) is 8.70. The highest BCUT2D eigenvalue weighted by molar-refractivity contribution is 6.30. The SMILES string of the molecule is Clc1ccc(CN[C@@H]2C3CCN(CC3)[C@@H]2C(c2ccccc2)c2ccccc2)cc1. The number of nitrogens with one attached hydrogen (secondary N) is 1. The van der Waals surface area contributed by atoms with E-state index in [1.807, 2.05) is 12.1 Å². The molecule has 2 bridgehead atoms. The highest BCUT2D eigenvalue weighted by atomic mass is 35.5. The monoisotopic (exact) mass is 416 g/mol. The first kappa shape index (κ1) is 19.8. The van der Waals surface area contributed by atoms with Gasteiger partial charge in [0.15, 0.2) is 0 Å². The van der Waals surface area contributed by atoms with Crippen molar-refractivity contribution in [2.75, 3.05) is 13.1 Å². The van der Waals surface area contributed by atoms with E-state index in [2.05, 4.69) is 83.0 Å². The molecule has 3 fully saturated rings. The van der Waals surface area contributed by atoms with Crippen molar-refractivity contribution >= 4 is 11.6 Å². The van der Waals surface area contributed by atoms with E-state index in [0.717, 1.165) is 17.5 Å². The zero-order valence-electron chi connectivity index (χ0n) is 17.3. The second-order valence-corrected chi connectivity index (χ2v) is 9.13. The smallest absolute Gasteiger partial charge is 0.0406 e.